The van der Waals surface area contributed by atoms with E-state index in [9.17, 15) is 4.79 Å². The van der Waals surface area contributed by atoms with Gasteiger partial charge in [0.1, 0.15) is 0 Å². The minimum absolute atomic E-state index is 0. The highest BCUT2D eigenvalue weighted by molar-refractivity contribution is 14.0. The number of nitrogens with zero attached hydrogens (tertiary/aromatic N) is 2. The van der Waals surface area contributed by atoms with Crippen molar-refractivity contribution in [2.24, 2.45) is 10.4 Å². The molecule has 0 amide bonds. The lowest BCUT2D eigenvalue weighted by molar-refractivity contribution is 0.0600. The Morgan fingerprint density at radius 1 is 1.35 bits per heavy atom. The van der Waals surface area contributed by atoms with Gasteiger partial charge in [0.15, 0.2) is 5.96 Å². The first-order chi connectivity index (χ1) is 12.2. The number of likely N-dealkylation sites (tertiary alicyclic amines) is 1. The number of hydrogen-bond acceptors (Lipinski definition) is 4. The molecule has 1 aromatic rings. The Balaban J connectivity index is 0.00000243. The van der Waals surface area contributed by atoms with Gasteiger partial charge in [-0.15, -0.1) is 24.0 Å². The van der Waals surface area contributed by atoms with Crippen LogP contribution in [-0.2, 0) is 16.0 Å². The molecule has 2 aliphatic rings. The van der Waals surface area contributed by atoms with Gasteiger partial charge in [0, 0.05) is 31.7 Å². The summed E-state index contributed by atoms with van der Waals surface area (Å²) in [5.74, 6) is 0.646. The van der Waals surface area contributed by atoms with Crippen LogP contribution in [0.4, 0.5) is 0 Å². The number of nitrogens with one attached hydrogen (secondary N) is 1. The normalized spacial score (nSPS) is 22.4. The minimum atomic E-state index is -0.315. The molecule has 0 bridgehead atoms. The van der Waals surface area contributed by atoms with Gasteiger partial charge < -0.3 is 19.7 Å². The minimum Gasteiger partial charge on any atom is -0.465 e. The van der Waals surface area contributed by atoms with E-state index in [2.05, 4.69) is 17.1 Å². The predicted octanol–water partition coefficient (Wildman–Crippen LogP) is 2.67. The smallest absolute Gasteiger partial charge is 0.337 e. The summed E-state index contributed by atoms with van der Waals surface area (Å²) in [6.07, 6.45) is 2.32. The van der Waals surface area contributed by atoms with Gasteiger partial charge in [-0.05, 0) is 37.5 Å². The third-order valence-corrected chi connectivity index (χ3v) is 5.04. The van der Waals surface area contributed by atoms with Gasteiger partial charge in [-0.3, -0.25) is 0 Å². The summed E-state index contributed by atoms with van der Waals surface area (Å²) < 4.78 is 10.3. The molecule has 0 saturated carbocycles. The SMILES string of the molecule is CCNC(=NCc1ccc(C(=O)OC)cc1)N1CCC2(CCOC2)C1.I. The summed E-state index contributed by atoms with van der Waals surface area (Å²) in [7, 11) is 1.39. The van der Waals surface area contributed by atoms with Crippen LogP contribution in [0.1, 0.15) is 35.7 Å². The maximum Gasteiger partial charge on any atom is 0.337 e. The van der Waals surface area contributed by atoms with Crippen molar-refractivity contribution in [2.45, 2.75) is 26.3 Å². The van der Waals surface area contributed by atoms with Crippen molar-refractivity contribution >= 4 is 35.9 Å². The lowest BCUT2D eigenvalue weighted by atomic mass is 9.87. The van der Waals surface area contributed by atoms with E-state index in [0.29, 0.717) is 17.5 Å². The molecule has 0 aliphatic carbocycles. The lowest BCUT2D eigenvalue weighted by Crippen LogP contribution is -2.41. The van der Waals surface area contributed by atoms with E-state index in [1.165, 1.54) is 13.5 Å². The summed E-state index contributed by atoms with van der Waals surface area (Å²) in [6, 6.07) is 7.42. The van der Waals surface area contributed by atoms with Gasteiger partial charge in [0.05, 0.1) is 25.8 Å². The van der Waals surface area contributed by atoms with Crippen LogP contribution >= 0.6 is 24.0 Å². The molecular weight excluding hydrogens is 445 g/mol. The molecular formula is C19H28IN3O3. The first kappa shape index (κ1) is 21.0. The Kier molecular flexibility index (Phi) is 7.69. The number of carbonyl (C=O) groups excluding carboxylic acids is 1. The fraction of sp³-hybridized carbons (Fsp3) is 0.579. The number of esters is 1. The van der Waals surface area contributed by atoms with E-state index in [0.717, 1.165) is 50.8 Å². The average molecular weight is 473 g/mol. The number of rotatable bonds is 4. The zero-order valence-corrected chi connectivity index (χ0v) is 17.8. The van der Waals surface area contributed by atoms with Gasteiger partial charge in [-0.1, -0.05) is 12.1 Å². The van der Waals surface area contributed by atoms with Crippen molar-refractivity contribution in [3.8, 4) is 0 Å². The maximum atomic E-state index is 11.5. The van der Waals surface area contributed by atoms with E-state index >= 15 is 0 Å². The number of guanidine groups is 1. The molecule has 7 heteroatoms. The molecule has 144 valence electrons. The molecule has 2 saturated heterocycles. The molecule has 26 heavy (non-hydrogen) atoms. The third-order valence-electron chi connectivity index (χ3n) is 5.04. The van der Waals surface area contributed by atoms with Crippen LogP contribution in [-0.4, -0.2) is 56.8 Å². The Hall–Kier alpha value is -1.35. The highest BCUT2D eigenvalue weighted by Crippen LogP contribution is 2.38. The molecule has 2 aliphatic heterocycles. The Morgan fingerprint density at radius 3 is 2.73 bits per heavy atom. The van der Waals surface area contributed by atoms with Crippen molar-refractivity contribution in [3.63, 3.8) is 0 Å². The quantitative estimate of drug-likeness (QED) is 0.316. The predicted molar refractivity (Wildman–Crippen MR) is 112 cm³/mol. The number of benzene rings is 1. The topological polar surface area (TPSA) is 63.2 Å². The fourth-order valence-corrected chi connectivity index (χ4v) is 3.54. The van der Waals surface area contributed by atoms with Gasteiger partial charge >= 0.3 is 5.97 Å². The maximum absolute atomic E-state index is 11.5. The van der Waals surface area contributed by atoms with Crippen molar-refractivity contribution < 1.29 is 14.3 Å². The highest BCUT2D eigenvalue weighted by Gasteiger charge is 2.42. The van der Waals surface area contributed by atoms with Crippen LogP contribution in [0.25, 0.3) is 0 Å². The van der Waals surface area contributed by atoms with Gasteiger partial charge in [0.25, 0.3) is 0 Å². The van der Waals surface area contributed by atoms with E-state index in [-0.39, 0.29) is 29.9 Å². The Morgan fingerprint density at radius 2 is 2.12 bits per heavy atom. The molecule has 2 fully saturated rings. The van der Waals surface area contributed by atoms with Crippen molar-refractivity contribution in [1.82, 2.24) is 10.2 Å². The first-order valence-electron chi connectivity index (χ1n) is 8.94. The van der Waals surface area contributed by atoms with E-state index in [1.54, 1.807) is 12.1 Å². The standard InChI is InChI=1S/C19H27N3O3.HI/c1-3-20-18(22-10-8-19(13-22)9-11-25-14-19)21-12-15-4-6-16(7-5-15)17(23)24-2;/h4-7H,3,8-14H2,1-2H3,(H,20,21);1H. The molecule has 1 atom stereocenters. The Bertz CT molecular complexity index is 627. The molecule has 0 aromatic heterocycles. The summed E-state index contributed by atoms with van der Waals surface area (Å²) in [4.78, 5) is 18.6. The van der Waals surface area contributed by atoms with E-state index < -0.39 is 0 Å². The summed E-state index contributed by atoms with van der Waals surface area (Å²) in [5, 5.41) is 3.40. The van der Waals surface area contributed by atoms with E-state index in [1.807, 2.05) is 12.1 Å². The molecule has 2 heterocycles. The summed E-state index contributed by atoms with van der Waals surface area (Å²) in [6.45, 7) is 7.32. The Labute approximate surface area is 172 Å². The lowest BCUT2D eigenvalue weighted by Gasteiger charge is -2.25. The van der Waals surface area contributed by atoms with Gasteiger partial charge in [0.2, 0.25) is 0 Å². The largest absolute Gasteiger partial charge is 0.465 e. The number of aliphatic imine (C=N–C) groups is 1. The molecule has 1 unspecified atom stereocenters. The second-order valence-corrected chi connectivity index (χ2v) is 6.83. The highest BCUT2D eigenvalue weighted by atomic mass is 127. The fourth-order valence-electron chi connectivity index (χ4n) is 3.54. The van der Waals surface area contributed by atoms with Crippen LogP contribution in [0.2, 0.25) is 0 Å². The second-order valence-electron chi connectivity index (χ2n) is 6.83. The monoisotopic (exact) mass is 473 g/mol. The van der Waals surface area contributed by atoms with Crippen molar-refractivity contribution in [2.75, 3.05) is 40.0 Å². The number of methoxy groups -OCH3 is 1. The van der Waals surface area contributed by atoms with Crippen LogP contribution in [0.15, 0.2) is 29.3 Å². The molecule has 0 radical (unpaired) electrons. The molecule has 1 spiro atoms. The number of hydrogen-bond donors (Lipinski definition) is 1. The molecule has 1 N–H and O–H groups in total. The zero-order chi connectivity index (χ0) is 17.7. The van der Waals surface area contributed by atoms with Gasteiger partial charge in [-0.25, -0.2) is 9.79 Å². The van der Waals surface area contributed by atoms with Crippen LogP contribution in [0.3, 0.4) is 0 Å². The average Bonchev–Trinajstić information content (AvgIpc) is 3.28. The van der Waals surface area contributed by atoms with Crippen LogP contribution < -0.4 is 5.32 Å². The second kappa shape index (κ2) is 9.55. The molecule has 3 rings (SSSR count). The van der Waals surface area contributed by atoms with Crippen molar-refractivity contribution in [1.29, 1.82) is 0 Å². The summed E-state index contributed by atoms with van der Waals surface area (Å²) in [5.41, 5.74) is 1.95. The molecule has 1 aromatic carbocycles. The zero-order valence-electron chi connectivity index (χ0n) is 15.5. The number of ether oxygens (including phenoxy) is 2. The van der Waals surface area contributed by atoms with Crippen LogP contribution in [0.5, 0.6) is 0 Å². The number of halogens is 1. The molecule has 6 nitrogen and oxygen atoms in total. The van der Waals surface area contributed by atoms with Crippen LogP contribution in [0, 0.1) is 5.41 Å². The number of carbonyl (C=O) groups is 1. The van der Waals surface area contributed by atoms with Crippen molar-refractivity contribution in [3.05, 3.63) is 35.4 Å². The summed E-state index contributed by atoms with van der Waals surface area (Å²) >= 11 is 0. The van der Waals surface area contributed by atoms with Gasteiger partial charge in [-0.2, -0.15) is 0 Å². The van der Waals surface area contributed by atoms with E-state index in [4.69, 9.17) is 14.5 Å². The first-order valence-corrected chi connectivity index (χ1v) is 8.94. The third kappa shape index (κ3) is 4.88.